The predicted octanol–water partition coefficient (Wildman–Crippen LogP) is 2.27. The number of sulfone groups is 1. The van der Waals surface area contributed by atoms with Crippen LogP contribution in [0.5, 0.6) is 0 Å². The molecule has 1 aromatic heterocycles. The normalized spacial score (nSPS) is 23.2. The third-order valence-electron chi connectivity index (χ3n) is 7.49. The average molecular weight is 480 g/mol. The van der Waals surface area contributed by atoms with E-state index in [1.54, 1.807) is 22.7 Å². The number of carbonyl (C=O) groups is 1. The highest BCUT2D eigenvalue weighted by Crippen LogP contribution is 2.51. The molecule has 1 aromatic carbocycles. The Bertz CT molecular complexity index is 1380. The van der Waals surface area contributed by atoms with Gasteiger partial charge in [-0.2, -0.15) is 10.4 Å². The van der Waals surface area contributed by atoms with Crippen molar-refractivity contribution in [1.82, 2.24) is 14.7 Å². The van der Waals surface area contributed by atoms with E-state index in [2.05, 4.69) is 16.3 Å². The van der Waals surface area contributed by atoms with Crippen molar-refractivity contribution in [3.05, 3.63) is 52.3 Å². The lowest BCUT2D eigenvalue weighted by Gasteiger charge is -2.31. The minimum atomic E-state index is -3.19. The second-order valence-corrected chi connectivity index (χ2v) is 12.4. The molecule has 0 radical (unpaired) electrons. The largest absolute Gasteiger partial charge is 0.387 e. The highest BCUT2D eigenvalue weighted by molar-refractivity contribution is 7.94. The van der Waals surface area contributed by atoms with E-state index in [4.69, 9.17) is 4.84 Å². The van der Waals surface area contributed by atoms with Gasteiger partial charge in [0.05, 0.1) is 21.6 Å². The van der Waals surface area contributed by atoms with E-state index >= 15 is 0 Å². The summed E-state index contributed by atoms with van der Waals surface area (Å²) < 4.78 is 26.7. The molecule has 1 atom stereocenters. The molecule has 3 heterocycles. The van der Waals surface area contributed by atoms with E-state index in [1.165, 1.54) is 0 Å². The van der Waals surface area contributed by atoms with Crippen LogP contribution in [0.15, 0.2) is 29.4 Å². The summed E-state index contributed by atoms with van der Waals surface area (Å²) in [5, 5.41) is 18.1. The quantitative estimate of drug-likeness (QED) is 0.627. The van der Waals surface area contributed by atoms with Gasteiger partial charge in [-0.25, -0.2) is 8.42 Å². The number of hydrogen-bond acceptors (Lipinski definition) is 7. The second-order valence-electron chi connectivity index (χ2n) is 9.74. The van der Waals surface area contributed by atoms with Crippen LogP contribution in [0.4, 0.5) is 0 Å². The van der Waals surface area contributed by atoms with Crippen molar-refractivity contribution in [3.63, 3.8) is 0 Å². The molecule has 2 aromatic rings. The van der Waals surface area contributed by atoms with Crippen molar-refractivity contribution in [3.8, 4) is 6.07 Å². The molecule has 0 unspecified atom stereocenters. The Hall–Kier alpha value is -3.19. The Balaban J connectivity index is 1.23. The highest BCUT2D eigenvalue weighted by atomic mass is 32.2. The zero-order valence-electron chi connectivity index (χ0n) is 18.9. The van der Waals surface area contributed by atoms with Gasteiger partial charge in [-0.15, -0.1) is 0 Å². The number of fused-ring (bicyclic) bond motifs is 1. The maximum absolute atomic E-state index is 13.4. The van der Waals surface area contributed by atoms with Crippen molar-refractivity contribution in [1.29, 1.82) is 5.26 Å². The zero-order valence-corrected chi connectivity index (χ0v) is 19.7. The molecule has 0 spiro atoms. The number of oxime groups is 1. The molecule has 2 fully saturated rings. The molecule has 2 saturated carbocycles. The molecule has 34 heavy (non-hydrogen) atoms. The van der Waals surface area contributed by atoms with Gasteiger partial charge in [-0.3, -0.25) is 9.48 Å². The molecule has 10 heteroatoms. The van der Waals surface area contributed by atoms with Gasteiger partial charge in [-0.05, 0) is 38.2 Å². The number of carbonyl (C=O) groups excluding carboxylic acids is 1. The lowest BCUT2D eigenvalue weighted by Crippen LogP contribution is -2.46. The van der Waals surface area contributed by atoms with Crippen LogP contribution in [0.2, 0.25) is 0 Å². The molecule has 6 rings (SSSR count). The van der Waals surface area contributed by atoms with Crippen LogP contribution in [-0.4, -0.2) is 57.8 Å². The fourth-order valence-corrected chi connectivity index (χ4v) is 7.74. The lowest BCUT2D eigenvalue weighted by molar-refractivity contribution is 0.0724. The summed E-state index contributed by atoms with van der Waals surface area (Å²) in [6.07, 6.45) is 3.44. The first-order valence-corrected chi connectivity index (χ1v) is 13.2. The molecule has 176 valence electrons. The van der Waals surface area contributed by atoms with E-state index < -0.39 is 14.6 Å². The molecule has 0 N–H and O–H groups in total. The smallest absolute Gasteiger partial charge is 0.272 e. The van der Waals surface area contributed by atoms with Gasteiger partial charge in [0.15, 0.2) is 15.9 Å². The maximum Gasteiger partial charge on any atom is 0.272 e. The predicted molar refractivity (Wildman–Crippen MR) is 123 cm³/mol. The number of rotatable bonds is 6. The fraction of sp³-hybridized carbons (Fsp3) is 0.500. The summed E-state index contributed by atoms with van der Waals surface area (Å²) in [5.41, 5.74) is 3.95. The molecule has 9 nitrogen and oxygen atoms in total. The SMILES string of the molecule is Cn1nc(C2=NO[C@H](c3ccccc3C#N)C2)c2c1C(=O)N(CC1(S(=O)(=O)C3CC3)CC1)CC2. The average Bonchev–Trinajstić information content (AvgIpc) is 3.75. The summed E-state index contributed by atoms with van der Waals surface area (Å²) >= 11 is 0. The van der Waals surface area contributed by atoms with Crippen LogP contribution in [-0.2, 0) is 28.1 Å². The number of aromatic nitrogens is 2. The molecule has 0 saturated heterocycles. The topological polar surface area (TPSA) is 118 Å². The minimum absolute atomic E-state index is 0.175. The number of nitriles is 1. The zero-order chi connectivity index (χ0) is 23.7. The van der Waals surface area contributed by atoms with Crippen LogP contribution < -0.4 is 0 Å². The van der Waals surface area contributed by atoms with Gasteiger partial charge in [0.1, 0.15) is 17.1 Å². The Kier molecular flexibility index (Phi) is 4.65. The van der Waals surface area contributed by atoms with Crippen molar-refractivity contribution < 1.29 is 18.0 Å². The van der Waals surface area contributed by atoms with Crippen LogP contribution in [0.1, 0.15) is 71.1 Å². The second kappa shape index (κ2) is 7.40. The van der Waals surface area contributed by atoms with Gasteiger partial charge in [0.2, 0.25) is 0 Å². The number of amides is 1. The summed E-state index contributed by atoms with van der Waals surface area (Å²) in [5.74, 6) is -0.175. The lowest BCUT2D eigenvalue weighted by atomic mass is 9.95. The summed E-state index contributed by atoms with van der Waals surface area (Å²) in [6.45, 7) is 0.725. The first kappa shape index (κ1) is 21.4. The monoisotopic (exact) mass is 479 g/mol. The van der Waals surface area contributed by atoms with Crippen molar-refractivity contribution in [2.75, 3.05) is 13.1 Å². The number of aryl methyl sites for hydroxylation is 1. The van der Waals surface area contributed by atoms with Crippen LogP contribution >= 0.6 is 0 Å². The van der Waals surface area contributed by atoms with Crippen LogP contribution in [0, 0.1) is 11.3 Å². The Morgan fingerprint density at radius 2 is 2.03 bits per heavy atom. The third-order valence-corrected chi connectivity index (χ3v) is 10.6. The van der Waals surface area contributed by atoms with Gasteiger partial charge in [0, 0.05) is 37.7 Å². The van der Waals surface area contributed by atoms with E-state index in [0.717, 1.165) is 24.0 Å². The number of nitrogens with zero attached hydrogens (tertiary/aromatic N) is 5. The molecule has 4 aliphatic rings. The van der Waals surface area contributed by atoms with Crippen molar-refractivity contribution in [2.24, 2.45) is 12.2 Å². The van der Waals surface area contributed by atoms with E-state index in [0.29, 0.717) is 54.9 Å². The fourth-order valence-electron chi connectivity index (χ4n) is 5.27. The van der Waals surface area contributed by atoms with E-state index in [-0.39, 0.29) is 23.8 Å². The first-order valence-electron chi connectivity index (χ1n) is 11.7. The van der Waals surface area contributed by atoms with Gasteiger partial charge >= 0.3 is 0 Å². The number of hydrogen-bond donors (Lipinski definition) is 0. The van der Waals surface area contributed by atoms with E-state index in [1.807, 2.05) is 18.2 Å². The Labute approximate surface area is 197 Å². The van der Waals surface area contributed by atoms with E-state index in [9.17, 15) is 18.5 Å². The summed E-state index contributed by atoms with van der Waals surface area (Å²) in [4.78, 5) is 20.8. The van der Waals surface area contributed by atoms with Crippen LogP contribution in [0.25, 0.3) is 0 Å². The molecular formula is C24H25N5O4S. The van der Waals surface area contributed by atoms with Gasteiger partial charge < -0.3 is 9.74 Å². The first-order chi connectivity index (χ1) is 16.3. The summed E-state index contributed by atoms with van der Waals surface area (Å²) in [6, 6.07) is 9.48. The van der Waals surface area contributed by atoms with Crippen molar-refractivity contribution in [2.45, 2.75) is 54.6 Å². The molecule has 0 bridgehead atoms. The Morgan fingerprint density at radius 3 is 2.74 bits per heavy atom. The standard InChI is InChI=1S/C24H25N5O4S/c1-28-22-18(8-11-29(23(22)30)14-24(9-10-24)34(31,32)16-6-7-16)21(26-28)19-12-20(33-27-19)17-5-3-2-4-15(17)13-25/h2-5,16,20H,6-12,14H2,1H3/t20-/m0/s1. The maximum atomic E-state index is 13.4. The van der Waals surface area contributed by atoms with Crippen LogP contribution in [0.3, 0.4) is 0 Å². The minimum Gasteiger partial charge on any atom is -0.387 e. The molecule has 1 amide bonds. The highest BCUT2D eigenvalue weighted by Gasteiger charge is 2.60. The van der Waals surface area contributed by atoms with Gasteiger partial charge in [0.25, 0.3) is 5.91 Å². The molecule has 2 aliphatic heterocycles. The summed E-state index contributed by atoms with van der Waals surface area (Å²) in [7, 11) is -1.45. The molecular weight excluding hydrogens is 454 g/mol. The van der Waals surface area contributed by atoms with Gasteiger partial charge in [-0.1, -0.05) is 23.4 Å². The number of benzene rings is 1. The Morgan fingerprint density at radius 1 is 1.26 bits per heavy atom. The molecule has 2 aliphatic carbocycles. The third kappa shape index (κ3) is 3.17. The van der Waals surface area contributed by atoms with Crippen molar-refractivity contribution >= 4 is 21.5 Å².